The predicted octanol–water partition coefficient (Wildman–Crippen LogP) is 1.35. The standard InChI is InChI=1S/C10H10BO5/c12-7-3-1-2-6-14-11-16-10(13)9-5-4-8(7)15-9/h4-5H,1-3,6H2. The Bertz CT molecular complexity index is 363. The number of carbonyl (C=O) groups excluding carboxylic acids is 2. The topological polar surface area (TPSA) is 65.7 Å². The fraction of sp³-hybridized carbons (Fsp3) is 0.400. The maximum atomic E-state index is 11.6. The Labute approximate surface area is 93.0 Å². The number of hydrogen-bond acceptors (Lipinski definition) is 5. The summed E-state index contributed by atoms with van der Waals surface area (Å²) in [6.07, 6.45) is 1.84. The molecule has 1 aromatic rings. The van der Waals surface area contributed by atoms with Crippen LogP contribution in [0.4, 0.5) is 0 Å². The van der Waals surface area contributed by atoms with Crippen LogP contribution in [0.1, 0.15) is 40.4 Å². The molecule has 0 aromatic carbocycles. The van der Waals surface area contributed by atoms with Gasteiger partial charge in [-0.1, -0.05) is 0 Å². The highest BCUT2D eigenvalue weighted by molar-refractivity contribution is 6.23. The molecule has 0 saturated heterocycles. The van der Waals surface area contributed by atoms with Crippen molar-refractivity contribution in [3.63, 3.8) is 0 Å². The van der Waals surface area contributed by atoms with E-state index >= 15 is 0 Å². The molecule has 1 radical (unpaired) electrons. The van der Waals surface area contributed by atoms with E-state index in [0.717, 1.165) is 20.5 Å². The van der Waals surface area contributed by atoms with Crippen LogP contribution in [-0.4, -0.2) is 26.0 Å². The first-order chi connectivity index (χ1) is 7.77. The maximum absolute atomic E-state index is 11.6. The molecule has 6 heteroatoms. The zero-order valence-electron chi connectivity index (χ0n) is 8.60. The summed E-state index contributed by atoms with van der Waals surface area (Å²) in [7, 11) is 0.994. The van der Waals surface area contributed by atoms with Crippen LogP contribution >= 0.6 is 0 Å². The summed E-state index contributed by atoms with van der Waals surface area (Å²) in [4.78, 5) is 22.9. The molecule has 0 spiro atoms. The molecule has 0 aliphatic carbocycles. The van der Waals surface area contributed by atoms with Gasteiger partial charge in [-0.05, 0) is 25.0 Å². The molecule has 0 amide bonds. The molecule has 16 heavy (non-hydrogen) atoms. The van der Waals surface area contributed by atoms with E-state index < -0.39 is 5.97 Å². The van der Waals surface area contributed by atoms with Gasteiger partial charge in [-0.25, -0.2) is 4.79 Å². The van der Waals surface area contributed by atoms with Gasteiger partial charge >= 0.3 is 13.7 Å². The number of fused-ring (bicyclic) bond motifs is 2. The highest BCUT2D eigenvalue weighted by Gasteiger charge is 2.18. The minimum absolute atomic E-state index is 0.00349. The van der Waals surface area contributed by atoms with Gasteiger partial charge in [-0.3, -0.25) is 4.79 Å². The first kappa shape index (κ1) is 10.9. The Morgan fingerprint density at radius 2 is 1.94 bits per heavy atom. The normalized spacial score (nSPS) is 18.0. The van der Waals surface area contributed by atoms with Gasteiger partial charge in [0.1, 0.15) is 0 Å². The summed E-state index contributed by atoms with van der Waals surface area (Å²) >= 11 is 0. The van der Waals surface area contributed by atoms with E-state index in [1.807, 2.05) is 0 Å². The summed E-state index contributed by atoms with van der Waals surface area (Å²) in [6, 6.07) is 2.90. The van der Waals surface area contributed by atoms with Gasteiger partial charge in [0.15, 0.2) is 11.5 Å². The van der Waals surface area contributed by atoms with Crippen molar-refractivity contribution in [3.05, 3.63) is 23.7 Å². The van der Waals surface area contributed by atoms with E-state index in [2.05, 4.69) is 4.65 Å². The van der Waals surface area contributed by atoms with E-state index in [4.69, 9.17) is 9.07 Å². The second kappa shape index (κ2) is 4.98. The fourth-order valence-corrected chi connectivity index (χ4v) is 1.38. The van der Waals surface area contributed by atoms with Crippen molar-refractivity contribution < 1.29 is 23.3 Å². The van der Waals surface area contributed by atoms with Crippen molar-refractivity contribution in [2.75, 3.05) is 6.61 Å². The molecule has 0 fully saturated rings. The van der Waals surface area contributed by atoms with E-state index in [-0.39, 0.29) is 17.3 Å². The second-order valence-electron chi connectivity index (χ2n) is 3.42. The summed E-state index contributed by atoms with van der Waals surface area (Å²) in [5.74, 6) is -0.569. The zero-order valence-corrected chi connectivity index (χ0v) is 8.60. The second-order valence-corrected chi connectivity index (χ2v) is 3.42. The van der Waals surface area contributed by atoms with Gasteiger partial charge < -0.3 is 13.7 Å². The lowest BCUT2D eigenvalue weighted by molar-refractivity contribution is 0.0661. The Balaban J connectivity index is 2.16. The largest absolute Gasteiger partial charge is 0.574 e. The van der Waals surface area contributed by atoms with E-state index in [1.165, 1.54) is 12.1 Å². The van der Waals surface area contributed by atoms with Gasteiger partial charge in [-0.15, -0.1) is 0 Å². The number of Topliss-reactive ketones (excluding diaryl/α,β-unsaturated/α-hetero) is 1. The molecule has 1 aromatic heterocycles. The third kappa shape index (κ3) is 2.52. The summed E-state index contributed by atoms with van der Waals surface area (Å²) in [6.45, 7) is 0.430. The molecule has 2 rings (SSSR count). The third-order valence-corrected chi connectivity index (χ3v) is 2.22. The Hall–Kier alpha value is -1.56. The van der Waals surface area contributed by atoms with E-state index in [9.17, 15) is 9.59 Å². The molecule has 2 bridgehead atoms. The van der Waals surface area contributed by atoms with Crippen LogP contribution < -0.4 is 0 Å². The van der Waals surface area contributed by atoms with Crippen molar-refractivity contribution in [2.24, 2.45) is 0 Å². The van der Waals surface area contributed by atoms with E-state index in [1.54, 1.807) is 0 Å². The fourth-order valence-electron chi connectivity index (χ4n) is 1.38. The lowest BCUT2D eigenvalue weighted by atomic mass is 10.1. The van der Waals surface area contributed by atoms with Gasteiger partial charge in [0.05, 0.1) is 0 Å². The molecule has 0 atom stereocenters. The van der Waals surface area contributed by atoms with Crippen LogP contribution in [0.25, 0.3) is 0 Å². The average Bonchev–Trinajstić information content (AvgIpc) is 2.75. The predicted molar refractivity (Wildman–Crippen MR) is 54.0 cm³/mol. The first-order valence-corrected chi connectivity index (χ1v) is 5.04. The smallest absolute Gasteiger partial charge is 0.505 e. The Morgan fingerprint density at radius 3 is 2.81 bits per heavy atom. The van der Waals surface area contributed by atoms with Gasteiger partial charge in [0.25, 0.3) is 0 Å². The summed E-state index contributed by atoms with van der Waals surface area (Å²) in [5.41, 5.74) is 0. The molecule has 5 nitrogen and oxygen atoms in total. The molecule has 2 heterocycles. The van der Waals surface area contributed by atoms with Gasteiger partial charge in [-0.2, -0.15) is 0 Å². The SMILES string of the molecule is O=C1CCCCO[B]OC(=O)c2ccc1o2. The molecule has 1 aliphatic heterocycles. The van der Waals surface area contributed by atoms with Crippen LogP contribution in [0.3, 0.4) is 0 Å². The molecule has 0 saturated carbocycles. The summed E-state index contributed by atoms with van der Waals surface area (Å²) < 4.78 is 14.7. The molecule has 83 valence electrons. The zero-order chi connectivity index (χ0) is 11.4. The maximum Gasteiger partial charge on any atom is 0.574 e. The lowest BCUT2D eigenvalue weighted by Crippen LogP contribution is -2.13. The van der Waals surface area contributed by atoms with Crippen molar-refractivity contribution in [2.45, 2.75) is 19.3 Å². The number of ketones is 1. The summed E-state index contributed by atoms with van der Waals surface area (Å²) in [5, 5.41) is 0. The van der Waals surface area contributed by atoms with Crippen LogP contribution in [0, 0.1) is 0 Å². The van der Waals surface area contributed by atoms with Crippen LogP contribution in [0.2, 0.25) is 0 Å². The average molecular weight is 221 g/mol. The number of rotatable bonds is 0. The number of carbonyl (C=O) groups is 2. The van der Waals surface area contributed by atoms with Crippen LogP contribution in [-0.2, 0) is 9.31 Å². The lowest BCUT2D eigenvalue weighted by Gasteiger charge is -2.04. The van der Waals surface area contributed by atoms with E-state index in [0.29, 0.717) is 13.0 Å². The highest BCUT2D eigenvalue weighted by Crippen LogP contribution is 2.13. The third-order valence-electron chi connectivity index (χ3n) is 2.22. The van der Waals surface area contributed by atoms with Crippen LogP contribution in [0.15, 0.2) is 16.5 Å². The number of hydrogen-bond donors (Lipinski definition) is 0. The molecular weight excluding hydrogens is 211 g/mol. The van der Waals surface area contributed by atoms with Gasteiger partial charge in [0.2, 0.25) is 5.76 Å². The molecule has 0 unspecified atom stereocenters. The van der Waals surface area contributed by atoms with Crippen molar-refractivity contribution >= 4 is 19.4 Å². The molecular formula is C10H10BO5. The van der Waals surface area contributed by atoms with Crippen molar-refractivity contribution in [1.82, 2.24) is 0 Å². The minimum atomic E-state index is -0.667. The first-order valence-electron chi connectivity index (χ1n) is 5.04. The van der Waals surface area contributed by atoms with Crippen molar-refractivity contribution in [1.29, 1.82) is 0 Å². The van der Waals surface area contributed by atoms with Crippen molar-refractivity contribution in [3.8, 4) is 0 Å². The highest BCUT2D eigenvalue weighted by atomic mass is 16.6. The minimum Gasteiger partial charge on any atom is -0.505 e. The Kier molecular flexibility index (Phi) is 3.41. The number of furan rings is 1. The van der Waals surface area contributed by atoms with Crippen LogP contribution in [0.5, 0.6) is 0 Å². The Morgan fingerprint density at radius 1 is 1.12 bits per heavy atom. The van der Waals surface area contributed by atoms with Gasteiger partial charge in [0, 0.05) is 13.0 Å². The molecule has 1 aliphatic rings. The quantitative estimate of drug-likeness (QED) is 0.618. The molecule has 0 N–H and O–H groups in total. The monoisotopic (exact) mass is 221 g/mol.